The average Bonchev–Trinajstić information content (AvgIpc) is 3.22. The molecular formula is C21H23N3O5. The van der Waals surface area contributed by atoms with E-state index in [2.05, 4.69) is 15.5 Å². The zero-order valence-electron chi connectivity index (χ0n) is 16.6. The van der Waals surface area contributed by atoms with Crippen LogP contribution in [0.25, 0.3) is 11.4 Å². The lowest BCUT2D eigenvalue weighted by molar-refractivity contribution is -0.120. The standard InChI is InChI=1S/C21H23N3O5/c1-26-16-7-5-15(6-8-16)21-23-20(29-24-21)10-11-22-19(25)13-14-4-9-17(27-2)18(12-14)28-3/h4-9,12H,10-11,13H2,1-3H3,(H,22,25). The van der Waals surface area contributed by atoms with Gasteiger partial charge in [0.25, 0.3) is 0 Å². The van der Waals surface area contributed by atoms with Gasteiger partial charge in [-0.1, -0.05) is 11.2 Å². The summed E-state index contributed by atoms with van der Waals surface area (Å²) in [6, 6.07) is 12.8. The van der Waals surface area contributed by atoms with Gasteiger partial charge >= 0.3 is 0 Å². The first-order valence-corrected chi connectivity index (χ1v) is 9.07. The van der Waals surface area contributed by atoms with Crippen LogP contribution >= 0.6 is 0 Å². The number of hydrogen-bond donors (Lipinski definition) is 1. The molecule has 1 N–H and O–H groups in total. The van der Waals surface area contributed by atoms with Gasteiger partial charge in [0.05, 0.1) is 27.8 Å². The fourth-order valence-corrected chi connectivity index (χ4v) is 2.76. The zero-order valence-corrected chi connectivity index (χ0v) is 16.6. The smallest absolute Gasteiger partial charge is 0.228 e. The highest BCUT2D eigenvalue weighted by Gasteiger charge is 2.11. The SMILES string of the molecule is COc1ccc(-c2noc(CCNC(=O)Cc3ccc(OC)c(OC)c3)n2)cc1. The molecule has 29 heavy (non-hydrogen) atoms. The molecule has 0 saturated carbocycles. The van der Waals surface area contributed by atoms with Crippen molar-refractivity contribution in [1.82, 2.24) is 15.5 Å². The van der Waals surface area contributed by atoms with Crippen LogP contribution in [0.15, 0.2) is 47.0 Å². The fourth-order valence-electron chi connectivity index (χ4n) is 2.76. The third kappa shape index (κ3) is 5.25. The molecule has 0 atom stereocenters. The number of benzene rings is 2. The number of amides is 1. The molecule has 152 valence electrons. The summed E-state index contributed by atoms with van der Waals surface area (Å²) in [4.78, 5) is 16.5. The molecule has 0 radical (unpaired) electrons. The molecule has 3 rings (SSSR count). The summed E-state index contributed by atoms with van der Waals surface area (Å²) >= 11 is 0. The minimum Gasteiger partial charge on any atom is -0.497 e. The van der Waals surface area contributed by atoms with E-state index >= 15 is 0 Å². The fraction of sp³-hybridized carbons (Fsp3) is 0.286. The maximum Gasteiger partial charge on any atom is 0.228 e. The Hall–Kier alpha value is -3.55. The van der Waals surface area contributed by atoms with Crippen molar-refractivity contribution in [3.8, 4) is 28.6 Å². The Kier molecular flexibility index (Phi) is 6.67. The van der Waals surface area contributed by atoms with Crippen LogP contribution in [0.2, 0.25) is 0 Å². The topological polar surface area (TPSA) is 95.7 Å². The first kappa shape index (κ1) is 20.2. The van der Waals surface area contributed by atoms with Gasteiger partial charge in [-0.05, 0) is 42.0 Å². The molecule has 8 heteroatoms. The van der Waals surface area contributed by atoms with E-state index in [0.29, 0.717) is 36.2 Å². The van der Waals surface area contributed by atoms with Crippen LogP contribution in [0.1, 0.15) is 11.5 Å². The Labute approximate surface area is 168 Å². The quantitative estimate of drug-likeness (QED) is 0.593. The van der Waals surface area contributed by atoms with Gasteiger partial charge in [-0.2, -0.15) is 4.98 Å². The van der Waals surface area contributed by atoms with Gasteiger partial charge in [-0.3, -0.25) is 4.79 Å². The molecular weight excluding hydrogens is 374 g/mol. The van der Waals surface area contributed by atoms with Gasteiger partial charge in [0, 0.05) is 18.5 Å². The molecule has 1 amide bonds. The van der Waals surface area contributed by atoms with E-state index in [1.807, 2.05) is 30.3 Å². The minimum atomic E-state index is -0.105. The predicted molar refractivity (Wildman–Crippen MR) is 106 cm³/mol. The summed E-state index contributed by atoms with van der Waals surface area (Å²) in [5, 5.41) is 6.83. The molecule has 0 unspecified atom stereocenters. The first-order chi connectivity index (χ1) is 14.1. The Morgan fingerprint density at radius 3 is 2.45 bits per heavy atom. The summed E-state index contributed by atoms with van der Waals surface area (Å²) in [6.07, 6.45) is 0.683. The van der Waals surface area contributed by atoms with E-state index in [1.165, 1.54) is 0 Å². The van der Waals surface area contributed by atoms with E-state index in [9.17, 15) is 4.79 Å². The Morgan fingerprint density at radius 2 is 1.76 bits per heavy atom. The highest BCUT2D eigenvalue weighted by Crippen LogP contribution is 2.27. The number of methoxy groups -OCH3 is 3. The summed E-state index contributed by atoms with van der Waals surface area (Å²) in [5.74, 6) is 2.83. The Morgan fingerprint density at radius 1 is 1.00 bits per heavy atom. The van der Waals surface area contributed by atoms with E-state index < -0.39 is 0 Å². The first-order valence-electron chi connectivity index (χ1n) is 9.07. The molecule has 8 nitrogen and oxygen atoms in total. The Balaban J connectivity index is 1.50. The number of aromatic nitrogens is 2. The molecule has 0 aliphatic carbocycles. The van der Waals surface area contributed by atoms with Crippen molar-refractivity contribution in [2.75, 3.05) is 27.9 Å². The lowest BCUT2D eigenvalue weighted by atomic mass is 10.1. The summed E-state index contributed by atoms with van der Waals surface area (Å²) in [7, 11) is 4.75. The maximum absolute atomic E-state index is 12.2. The zero-order chi connectivity index (χ0) is 20.6. The van der Waals surface area contributed by atoms with E-state index in [-0.39, 0.29) is 12.3 Å². The molecule has 0 aliphatic rings. The summed E-state index contributed by atoms with van der Waals surface area (Å²) < 4.78 is 20.9. The third-order valence-electron chi connectivity index (χ3n) is 4.29. The average molecular weight is 397 g/mol. The predicted octanol–water partition coefficient (Wildman–Crippen LogP) is 2.66. The highest BCUT2D eigenvalue weighted by atomic mass is 16.5. The van der Waals surface area contributed by atoms with Crippen LogP contribution in [0.5, 0.6) is 17.2 Å². The van der Waals surface area contributed by atoms with E-state index in [4.69, 9.17) is 18.7 Å². The second kappa shape index (κ2) is 9.59. The number of nitrogens with one attached hydrogen (secondary N) is 1. The number of ether oxygens (including phenoxy) is 3. The number of nitrogens with zero attached hydrogens (tertiary/aromatic N) is 2. The largest absolute Gasteiger partial charge is 0.497 e. The lowest BCUT2D eigenvalue weighted by Crippen LogP contribution is -2.27. The van der Waals surface area contributed by atoms with Crippen LogP contribution in [-0.4, -0.2) is 43.9 Å². The number of rotatable bonds is 9. The van der Waals surface area contributed by atoms with Crippen LogP contribution in [0.3, 0.4) is 0 Å². The highest BCUT2D eigenvalue weighted by molar-refractivity contribution is 5.78. The van der Waals surface area contributed by atoms with Gasteiger partial charge in [0.1, 0.15) is 5.75 Å². The van der Waals surface area contributed by atoms with Gasteiger partial charge in [0.15, 0.2) is 11.5 Å². The van der Waals surface area contributed by atoms with E-state index in [1.54, 1.807) is 33.5 Å². The maximum atomic E-state index is 12.2. The lowest BCUT2D eigenvalue weighted by Gasteiger charge is -2.09. The van der Waals surface area contributed by atoms with E-state index in [0.717, 1.165) is 16.9 Å². The molecule has 0 saturated heterocycles. The van der Waals surface area contributed by atoms with Crippen LogP contribution < -0.4 is 19.5 Å². The van der Waals surface area contributed by atoms with Gasteiger partial charge < -0.3 is 24.1 Å². The van der Waals surface area contributed by atoms with Gasteiger partial charge in [-0.15, -0.1) is 0 Å². The third-order valence-corrected chi connectivity index (χ3v) is 4.29. The van der Waals surface area contributed by atoms with Crippen molar-refractivity contribution in [3.05, 3.63) is 53.9 Å². The number of carbonyl (C=O) groups excluding carboxylic acids is 1. The molecule has 2 aromatic carbocycles. The van der Waals surface area contributed by atoms with Crippen molar-refractivity contribution in [3.63, 3.8) is 0 Å². The monoisotopic (exact) mass is 397 g/mol. The van der Waals surface area contributed by atoms with Crippen molar-refractivity contribution >= 4 is 5.91 Å². The van der Waals surface area contributed by atoms with Gasteiger partial charge in [-0.25, -0.2) is 0 Å². The van der Waals surface area contributed by atoms with Gasteiger partial charge in [0.2, 0.25) is 17.6 Å². The summed E-state index contributed by atoms with van der Waals surface area (Å²) in [6.45, 7) is 0.399. The van der Waals surface area contributed by atoms with Crippen LogP contribution in [-0.2, 0) is 17.6 Å². The minimum absolute atomic E-state index is 0.105. The molecule has 0 fully saturated rings. The molecule has 0 spiro atoms. The Bertz CT molecular complexity index is 953. The second-order valence-corrected chi connectivity index (χ2v) is 6.21. The van der Waals surface area contributed by atoms with Crippen LogP contribution in [0, 0.1) is 0 Å². The van der Waals surface area contributed by atoms with Crippen molar-refractivity contribution in [2.24, 2.45) is 0 Å². The van der Waals surface area contributed by atoms with Crippen molar-refractivity contribution in [2.45, 2.75) is 12.8 Å². The van der Waals surface area contributed by atoms with Crippen LogP contribution in [0.4, 0.5) is 0 Å². The van der Waals surface area contributed by atoms with Crippen molar-refractivity contribution in [1.29, 1.82) is 0 Å². The summed E-state index contributed by atoms with van der Waals surface area (Å²) in [5.41, 5.74) is 1.66. The number of carbonyl (C=O) groups is 1. The second-order valence-electron chi connectivity index (χ2n) is 6.21. The normalized spacial score (nSPS) is 10.4. The molecule has 0 aliphatic heterocycles. The molecule has 3 aromatic rings. The molecule has 0 bridgehead atoms. The molecule has 1 aromatic heterocycles. The molecule has 1 heterocycles. The number of hydrogen-bond acceptors (Lipinski definition) is 7. The van der Waals surface area contributed by atoms with Crippen molar-refractivity contribution < 1.29 is 23.5 Å².